The molecular formula is C34H44O3. The lowest BCUT2D eigenvalue weighted by molar-refractivity contribution is 0.0836. The second-order valence-electron chi connectivity index (χ2n) is 10.1. The zero-order chi connectivity index (χ0) is 27.2. The van der Waals surface area contributed by atoms with E-state index in [0.29, 0.717) is 18.6 Å². The van der Waals surface area contributed by atoms with Crippen LogP contribution in [0.15, 0.2) is 60.7 Å². The highest BCUT2D eigenvalue weighted by Gasteiger charge is 2.31. The largest absolute Gasteiger partial charge is 0.504 e. The first-order valence-electron chi connectivity index (χ1n) is 13.7. The second-order valence-corrected chi connectivity index (χ2v) is 10.1. The molecule has 0 aliphatic rings. The van der Waals surface area contributed by atoms with E-state index in [1.54, 1.807) is 7.11 Å². The third kappa shape index (κ3) is 5.78. The molecule has 0 unspecified atom stereocenters. The maximum Gasteiger partial charge on any atom is 0.165 e. The smallest absolute Gasteiger partial charge is 0.165 e. The predicted molar refractivity (Wildman–Crippen MR) is 157 cm³/mol. The lowest BCUT2D eigenvalue weighted by Crippen LogP contribution is -2.26. The maximum absolute atomic E-state index is 10.8. The molecule has 0 aliphatic heterocycles. The highest BCUT2D eigenvalue weighted by molar-refractivity contribution is 5.74. The van der Waals surface area contributed by atoms with E-state index in [1.807, 2.05) is 32.1 Å². The van der Waals surface area contributed by atoms with Crippen LogP contribution in [0, 0.1) is 6.92 Å². The third-order valence-electron chi connectivity index (χ3n) is 8.34. The standard InChI is InChI=1S/C34H44O3/c1-8-25-22-30(32(35)31(23-25)37-7)27-14-16-28(17-15-27)34(11-4,12-5)29-18-13-26(24(6)21-29)19-20-33(36,9-2)10-3/h13-23,35-36H,8-12H2,1-7H3. The monoisotopic (exact) mass is 500 g/mol. The van der Waals surface area contributed by atoms with E-state index in [9.17, 15) is 10.2 Å². The molecule has 0 aliphatic carbocycles. The first kappa shape index (κ1) is 28.5. The van der Waals surface area contributed by atoms with Crippen molar-refractivity contribution >= 4 is 6.08 Å². The van der Waals surface area contributed by atoms with Gasteiger partial charge in [0.05, 0.1) is 12.7 Å². The van der Waals surface area contributed by atoms with E-state index in [1.165, 1.54) is 16.7 Å². The van der Waals surface area contributed by atoms with Crippen LogP contribution >= 0.6 is 0 Å². The Kier molecular flexibility index (Phi) is 9.26. The highest BCUT2D eigenvalue weighted by Crippen LogP contribution is 2.42. The average Bonchev–Trinajstić information content (AvgIpc) is 2.94. The molecule has 0 aromatic heterocycles. The summed E-state index contributed by atoms with van der Waals surface area (Å²) in [6.45, 7) is 12.8. The minimum absolute atomic E-state index is 0.107. The third-order valence-corrected chi connectivity index (χ3v) is 8.34. The second kappa shape index (κ2) is 12.0. The Morgan fingerprint density at radius 2 is 1.43 bits per heavy atom. The fourth-order valence-corrected chi connectivity index (χ4v) is 5.34. The van der Waals surface area contributed by atoms with Gasteiger partial charge in [-0.2, -0.15) is 0 Å². The van der Waals surface area contributed by atoms with Crippen LogP contribution in [0.5, 0.6) is 11.5 Å². The molecule has 0 bridgehead atoms. The summed E-state index contributed by atoms with van der Waals surface area (Å²) in [7, 11) is 1.59. The summed E-state index contributed by atoms with van der Waals surface area (Å²) in [4.78, 5) is 0. The first-order valence-corrected chi connectivity index (χ1v) is 13.7. The molecule has 0 atom stereocenters. The lowest BCUT2D eigenvalue weighted by Gasteiger charge is -2.34. The van der Waals surface area contributed by atoms with Crippen LogP contribution in [-0.2, 0) is 11.8 Å². The summed E-state index contributed by atoms with van der Waals surface area (Å²) < 4.78 is 5.42. The van der Waals surface area contributed by atoms with Gasteiger partial charge in [0.1, 0.15) is 0 Å². The van der Waals surface area contributed by atoms with Crippen LogP contribution < -0.4 is 4.74 Å². The molecule has 3 aromatic carbocycles. The number of rotatable bonds is 11. The summed E-state index contributed by atoms with van der Waals surface area (Å²) in [5.74, 6) is 0.692. The number of hydrogen-bond acceptors (Lipinski definition) is 3. The van der Waals surface area contributed by atoms with Gasteiger partial charge in [0.25, 0.3) is 0 Å². The molecule has 0 amide bonds. The Hall–Kier alpha value is -3.04. The summed E-state index contributed by atoms with van der Waals surface area (Å²) in [5, 5.41) is 21.5. The van der Waals surface area contributed by atoms with E-state index < -0.39 is 5.60 Å². The van der Waals surface area contributed by atoms with Gasteiger partial charge in [0, 0.05) is 11.0 Å². The Morgan fingerprint density at radius 1 is 0.811 bits per heavy atom. The molecule has 198 valence electrons. The van der Waals surface area contributed by atoms with Crippen molar-refractivity contribution in [2.75, 3.05) is 7.11 Å². The van der Waals surface area contributed by atoms with Crippen LogP contribution in [0.2, 0.25) is 0 Å². The Bertz CT molecular complexity index is 1210. The van der Waals surface area contributed by atoms with Gasteiger partial charge >= 0.3 is 0 Å². The van der Waals surface area contributed by atoms with E-state index in [-0.39, 0.29) is 11.2 Å². The zero-order valence-electron chi connectivity index (χ0n) is 23.7. The molecule has 0 fully saturated rings. The van der Waals surface area contributed by atoms with Crippen LogP contribution in [0.3, 0.4) is 0 Å². The van der Waals surface area contributed by atoms with E-state index >= 15 is 0 Å². The van der Waals surface area contributed by atoms with Gasteiger partial charge in [0.15, 0.2) is 11.5 Å². The number of hydrogen-bond donors (Lipinski definition) is 2. The zero-order valence-corrected chi connectivity index (χ0v) is 23.7. The quantitative estimate of drug-likeness (QED) is 0.277. The van der Waals surface area contributed by atoms with Crippen molar-refractivity contribution in [2.45, 2.75) is 84.7 Å². The number of phenolic OH excluding ortho intramolecular Hbond substituents is 1. The van der Waals surface area contributed by atoms with Gasteiger partial charge in [-0.3, -0.25) is 0 Å². The number of aliphatic hydroxyl groups is 1. The minimum atomic E-state index is -0.751. The van der Waals surface area contributed by atoms with Gasteiger partial charge < -0.3 is 14.9 Å². The molecule has 0 saturated carbocycles. The van der Waals surface area contributed by atoms with Crippen LogP contribution in [0.1, 0.15) is 88.1 Å². The molecule has 37 heavy (non-hydrogen) atoms. The molecule has 0 saturated heterocycles. The van der Waals surface area contributed by atoms with Gasteiger partial charge in [-0.1, -0.05) is 89.2 Å². The van der Waals surface area contributed by atoms with E-state index in [0.717, 1.165) is 41.5 Å². The van der Waals surface area contributed by atoms with Crippen molar-refractivity contribution in [2.24, 2.45) is 0 Å². The number of benzene rings is 3. The van der Waals surface area contributed by atoms with Crippen molar-refractivity contribution in [1.82, 2.24) is 0 Å². The molecule has 3 aromatic rings. The molecule has 2 N–H and O–H groups in total. The molecule has 3 nitrogen and oxygen atoms in total. The first-order chi connectivity index (χ1) is 17.7. The normalized spacial score (nSPS) is 12.3. The highest BCUT2D eigenvalue weighted by atomic mass is 16.5. The van der Waals surface area contributed by atoms with Gasteiger partial charge in [-0.25, -0.2) is 0 Å². The minimum Gasteiger partial charge on any atom is -0.504 e. The topological polar surface area (TPSA) is 49.7 Å². The fraction of sp³-hybridized carbons (Fsp3) is 0.412. The van der Waals surface area contributed by atoms with E-state index in [4.69, 9.17) is 4.74 Å². The summed E-state index contributed by atoms with van der Waals surface area (Å²) in [5.41, 5.74) is 6.97. The molecule has 0 spiro atoms. The Labute approximate surface area is 223 Å². The number of aryl methyl sites for hydroxylation is 2. The van der Waals surface area contributed by atoms with Crippen molar-refractivity contribution < 1.29 is 14.9 Å². The molecular weight excluding hydrogens is 456 g/mol. The number of aromatic hydroxyl groups is 1. The molecule has 0 heterocycles. The van der Waals surface area contributed by atoms with Crippen LogP contribution in [-0.4, -0.2) is 22.9 Å². The van der Waals surface area contributed by atoms with Crippen molar-refractivity contribution in [3.05, 3.63) is 88.5 Å². The van der Waals surface area contributed by atoms with E-state index in [2.05, 4.69) is 76.2 Å². The molecule has 0 radical (unpaired) electrons. The Morgan fingerprint density at radius 3 is 1.95 bits per heavy atom. The van der Waals surface area contributed by atoms with Crippen LogP contribution in [0.25, 0.3) is 17.2 Å². The van der Waals surface area contributed by atoms with Gasteiger partial charge in [0.2, 0.25) is 0 Å². The summed E-state index contributed by atoms with van der Waals surface area (Å²) in [6, 6.07) is 19.3. The number of methoxy groups -OCH3 is 1. The fourth-order valence-electron chi connectivity index (χ4n) is 5.34. The Balaban J connectivity index is 2.01. The van der Waals surface area contributed by atoms with Crippen molar-refractivity contribution in [3.8, 4) is 22.6 Å². The molecule has 3 rings (SSSR count). The summed E-state index contributed by atoms with van der Waals surface area (Å²) >= 11 is 0. The van der Waals surface area contributed by atoms with Crippen molar-refractivity contribution in [3.63, 3.8) is 0 Å². The lowest BCUT2D eigenvalue weighted by atomic mass is 9.70. The SMILES string of the molecule is CCc1cc(OC)c(O)c(-c2ccc(C(CC)(CC)c3ccc(C=CC(O)(CC)CC)c(C)c3)cc2)c1. The van der Waals surface area contributed by atoms with Crippen molar-refractivity contribution in [1.29, 1.82) is 0 Å². The molecule has 3 heteroatoms. The maximum atomic E-state index is 10.8. The number of phenols is 1. The van der Waals surface area contributed by atoms with Crippen LogP contribution in [0.4, 0.5) is 0 Å². The van der Waals surface area contributed by atoms with Gasteiger partial charge in [-0.05, 0) is 84.5 Å². The summed E-state index contributed by atoms with van der Waals surface area (Å²) in [6.07, 6.45) is 8.24. The number of ether oxygens (including phenoxy) is 1. The van der Waals surface area contributed by atoms with Gasteiger partial charge in [-0.15, -0.1) is 0 Å². The average molecular weight is 501 g/mol. The predicted octanol–water partition coefficient (Wildman–Crippen LogP) is 8.61.